The summed E-state index contributed by atoms with van der Waals surface area (Å²) >= 11 is 0. The van der Waals surface area contributed by atoms with Crippen LogP contribution in [0.2, 0.25) is 0 Å². The summed E-state index contributed by atoms with van der Waals surface area (Å²) in [5.74, 6) is -0.426. The van der Waals surface area contributed by atoms with Gasteiger partial charge >= 0.3 is 12.1 Å². The van der Waals surface area contributed by atoms with Crippen molar-refractivity contribution in [3.05, 3.63) is 48.5 Å². The van der Waals surface area contributed by atoms with E-state index in [-0.39, 0.29) is 47.5 Å². The summed E-state index contributed by atoms with van der Waals surface area (Å²) < 4.78 is 53.3. The van der Waals surface area contributed by atoms with Crippen molar-refractivity contribution in [1.82, 2.24) is 20.1 Å². The lowest BCUT2D eigenvalue weighted by molar-refractivity contribution is -0.116. The van der Waals surface area contributed by atoms with Gasteiger partial charge in [-0.15, -0.1) is 0 Å². The van der Waals surface area contributed by atoms with Gasteiger partial charge in [0.05, 0.1) is 9.79 Å². The Labute approximate surface area is 245 Å². The SMILES string of the molecule is CCC(=O)Nc1ccc(S(=O)(=O)NC(=O)NCCCCCCNC(=O)NS(=O)(=O)c2ccc(NC(=O)CC)cc2)cc1. The summed E-state index contributed by atoms with van der Waals surface area (Å²) in [5, 5.41) is 10.1. The van der Waals surface area contributed by atoms with Crippen molar-refractivity contribution >= 4 is 55.3 Å². The second-order valence-electron chi connectivity index (χ2n) is 8.99. The van der Waals surface area contributed by atoms with Gasteiger partial charge in [0.15, 0.2) is 0 Å². The minimum atomic E-state index is -4.09. The molecule has 42 heavy (non-hydrogen) atoms. The van der Waals surface area contributed by atoms with Gasteiger partial charge in [-0.05, 0) is 61.4 Å². The molecular weight excluding hydrogens is 588 g/mol. The zero-order valence-corrected chi connectivity index (χ0v) is 25.0. The summed E-state index contributed by atoms with van der Waals surface area (Å²) in [6, 6.07) is 9.05. The van der Waals surface area contributed by atoms with Crippen molar-refractivity contribution in [3.8, 4) is 0 Å². The minimum Gasteiger partial charge on any atom is -0.337 e. The number of rotatable bonds is 15. The molecule has 6 N–H and O–H groups in total. The Kier molecular flexibility index (Phi) is 13.2. The molecule has 0 saturated carbocycles. The highest BCUT2D eigenvalue weighted by Crippen LogP contribution is 2.15. The molecule has 6 amide bonds. The first kappa shape index (κ1) is 34.0. The van der Waals surface area contributed by atoms with Crippen LogP contribution in [-0.4, -0.2) is 53.8 Å². The van der Waals surface area contributed by atoms with Crippen LogP contribution in [0, 0.1) is 0 Å². The second kappa shape index (κ2) is 16.3. The molecule has 0 aromatic heterocycles. The van der Waals surface area contributed by atoms with Crippen LogP contribution in [0.1, 0.15) is 52.4 Å². The highest BCUT2D eigenvalue weighted by atomic mass is 32.2. The van der Waals surface area contributed by atoms with Crippen molar-refractivity contribution in [2.45, 2.75) is 62.2 Å². The number of hydrogen-bond acceptors (Lipinski definition) is 8. The van der Waals surface area contributed by atoms with E-state index in [0.717, 1.165) is 0 Å². The van der Waals surface area contributed by atoms with Gasteiger partial charge in [-0.1, -0.05) is 26.7 Å². The molecular formula is C26H36N6O8S2. The van der Waals surface area contributed by atoms with Gasteiger partial charge in [0, 0.05) is 37.3 Å². The molecule has 0 spiro atoms. The number of unbranched alkanes of at least 4 members (excludes halogenated alkanes) is 3. The lowest BCUT2D eigenvalue weighted by Gasteiger charge is -2.10. The summed E-state index contributed by atoms with van der Waals surface area (Å²) in [4.78, 5) is 46.6. The second-order valence-corrected chi connectivity index (χ2v) is 12.4. The molecule has 14 nitrogen and oxygen atoms in total. The number of nitrogens with one attached hydrogen (secondary N) is 6. The third-order valence-corrected chi connectivity index (χ3v) is 8.36. The number of sulfonamides is 2. The van der Waals surface area contributed by atoms with Crippen LogP contribution >= 0.6 is 0 Å². The Morgan fingerprint density at radius 3 is 1.19 bits per heavy atom. The summed E-state index contributed by atoms with van der Waals surface area (Å²) in [6.07, 6.45) is 3.00. The zero-order chi connectivity index (χ0) is 31.2. The number of urea groups is 2. The van der Waals surface area contributed by atoms with Crippen molar-refractivity contribution < 1.29 is 36.0 Å². The third-order valence-electron chi connectivity index (χ3n) is 5.67. The molecule has 0 heterocycles. The minimum absolute atomic E-state index is 0.133. The van der Waals surface area contributed by atoms with E-state index in [4.69, 9.17) is 0 Å². The molecule has 2 rings (SSSR count). The normalized spacial score (nSPS) is 11.2. The Bertz CT molecular complexity index is 1330. The van der Waals surface area contributed by atoms with E-state index in [1.807, 2.05) is 9.44 Å². The molecule has 0 aliphatic heterocycles. The number of amides is 6. The fraction of sp³-hybridized carbons (Fsp3) is 0.385. The standard InChI is InChI=1S/C26H36N6O8S2/c1-3-23(33)29-19-9-13-21(14-10-19)41(37,38)31-25(35)27-17-7-5-6-8-18-28-26(36)32-42(39,40)22-15-11-20(12-16-22)30-24(34)4-2/h9-16H,3-8,17-18H2,1-2H3,(H,29,33)(H,30,34)(H2,27,31,35)(H2,28,32,36). The van der Waals surface area contributed by atoms with Gasteiger partial charge < -0.3 is 21.3 Å². The number of benzene rings is 2. The van der Waals surface area contributed by atoms with Gasteiger partial charge in [0.1, 0.15) is 0 Å². The number of carbonyl (C=O) groups is 4. The quantitative estimate of drug-likeness (QED) is 0.162. The smallest absolute Gasteiger partial charge is 0.328 e. The molecule has 0 saturated heterocycles. The predicted molar refractivity (Wildman–Crippen MR) is 157 cm³/mol. The number of carbonyl (C=O) groups excluding carboxylic acids is 4. The van der Waals surface area contributed by atoms with Gasteiger partial charge in [0.25, 0.3) is 20.0 Å². The molecule has 2 aromatic rings. The Hall–Kier alpha value is -4.18. The molecule has 230 valence electrons. The largest absolute Gasteiger partial charge is 0.337 e. The van der Waals surface area contributed by atoms with Crippen LogP contribution in [0.3, 0.4) is 0 Å². The maximum absolute atomic E-state index is 12.4. The highest BCUT2D eigenvalue weighted by molar-refractivity contribution is 7.90. The number of anilines is 2. The Morgan fingerprint density at radius 2 is 0.881 bits per heavy atom. The molecule has 0 radical (unpaired) electrons. The zero-order valence-electron chi connectivity index (χ0n) is 23.4. The van der Waals surface area contributed by atoms with Gasteiger partial charge in [-0.3, -0.25) is 9.59 Å². The maximum Gasteiger partial charge on any atom is 0.328 e. The van der Waals surface area contributed by atoms with Gasteiger partial charge in [-0.25, -0.2) is 35.9 Å². The molecule has 0 unspecified atom stereocenters. The van der Waals surface area contributed by atoms with Crippen molar-refractivity contribution in [1.29, 1.82) is 0 Å². The van der Waals surface area contributed by atoms with Crippen molar-refractivity contribution in [3.63, 3.8) is 0 Å². The van der Waals surface area contributed by atoms with Crippen LogP contribution in [-0.2, 0) is 29.6 Å². The third kappa shape index (κ3) is 11.7. The first-order chi connectivity index (χ1) is 19.9. The van der Waals surface area contributed by atoms with E-state index >= 15 is 0 Å². The lowest BCUT2D eigenvalue weighted by Crippen LogP contribution is -2.40. The first-order valence-electron chi connectivity index (χ1n) is 13.3. The van der Waals surface area contributed by atoms with E-state index in [2.05, 4.69) is 21.3 Å². The Balaban J connectivity index is 1.62. The molecule has 0 atom stereocenters. The lowest BCUT2D eigenvalue weighted by atomic mass is 10.2. The molecule has 2 aromatic carbocycles. The van der Waals surface area contributed by atoms with Crippen LogP contribution in [0.15, 0.2) is 58.3 Å². The molecule has 0 aliphatic rings. The maximum atomic E-state index is 12.4. The van der Waals surface area contributed by atoms with Crippen molar-refractivity contribution in [2.75, 3.05) is 23.7 Å². The summed E-state index contributed by atoms with van der Waals surface area (Å²) in [6.45, 7) is 3.81. The average Bonchev–Trinajstić information content (AvgIpc) is 2.94. The van der Waals surface area contributed by atoms with Crippen molar-refractivity contribution in [2.24, 2.45) is 0 Å². The van der Waals surface area contributed by atoms with Crippen LogP contribution < -0.4 is 30.7 Å². The fourth-order valence-electron chi connectivity index (χ4n) is 3.38. The van der Waals surface area contributed by atoms with E-state index in [1.165, 1.54) is 48.5 Å². The summed E-state index contributed by atoms with van der Waals surface area (Å²) in [5.41, 5.74) is 0.876. The average molecular weight is 625 g/mol. The van der Waals surface area contributed by atoms with Crippen LogP contribution in [0.5, 0.6) is 0 Å². The Morgan fingerprint density at radius 1 is 0.548 bits per heavy atom. The van der Waals surface area contributed by atoms with Crippen LogP contribution in [0.4, 0.5) is 21.0 Å². The first-order valence-corrected chi connectivity index (χ1v) is 16.2. The van der Waals surface area contributed by atoms with Gasteiger partial charge in [-0.2, -0.15) is 0 Å². The van der Waals surface area contributed by atoms with E-state index in [9.17, 15) is 36.0 Å². The molecule has 0 bridgehead atoms. The van der Waals surface area contributed by atoms with E-state index < -0.39 is 32.1 Å². The molecule has 0 aliphatic carbocycles. The predicted octanol–water partition coefficient (Wildman–Crippen LogP) is 2.62. The van der Waals surface area contributed by atoms with Gasteiger partial charge in [0.2, 0.25) is 11.8 Å². The van der Waals surface area contributed by atoms with E-state index in [1.54, 1.807) is 13.8 Å². The number of hydrogen-bond donors (Lipinski definition) is 6. The summed E-state index contributed by atoms with van der Waals surface area (Å²) in [7, 11) is -8.18. The van der Waals surface area contributed by atoms with E-state index in [0.29, 0.717) is 37.1 Å². The fourth-order valence-corrected chi connectivity index (χ4v) is 5.23. The monoisotopic (exact) mass is 624 g/mol. The molecule has 16 heteroatoms. The topological polar surface area (TPSA) is 209 Å². The molecule has 0 fully saturated rings. The van der Waals surface area contributed by atoms with Crippen LogP contribution in [0.25, 0.3) is 0 Å². The highest BCUT2D eigenvalue weighted by Gasteiger charge is 2.18.